The van der Waals surface area contributed by atoms with E-state index in [1.165, 1.54) is 5.56 Å². The van der Waals surface area contributed by atoms with Crippen molar-refractivity contribution in [2.24, 2.45) is 5.73 Å². The maximum Gasteiger partial charge on any atom is 0.159 e. The topological polar surface area (TPSA) is 55.0 Å². The minimum absolute atomic E-state index is 0.410. The molecular formula is C36H38N4. The quantitative estimate of drug-likeness (QED) is 0.208. The number of aromatic nitrogens is 2. The molecule has 0 spiro atoms. The Labute approximate surface area is 238 Å². The third-order valence-electron chi connectivity index (χ3n) is 7.89. The van der Waals surface area contributed by atoms with E-state index in [2.05, 4.69) is 124 Å². The second-order valence-electron chi connectivity index (χ2n) is 10.7. The molecule has 0 aliphatic rings. The van der Waals surface area contributed by atoms with Gasteiger partial charge in [-0.05, 0) is 77.9 Å². The Morgan fingerprint density at radius 3 is 1.70 bits per heavy atom. The smallest absolute Gasteiger partial charge is 0.159 e. The number of benzene rings is 4. The third-order valence-corrected chi connectivity index (χ3v) is 7.89. The van der Waals surface area contributed by atoms with Crippen LogP contribution in [0.2, 0.25) is 0 Å². The van der Waals surface area contributed by atoms with Gasteiger partial charge in [0.05, 0.1) is 0 Å². The van der Waals surface area contributed by atoms with Crippen LogP contribution in [-0.4, -0.2) is 9.97 Å². The molecule has 1 aromatic heterocycles. The Kier molecular flexibility index (Phi) is 8.09. The molecule has 0 aliphatic heterocycles. The van der Waals surface area contributed by atoms with Crippen LogP contribution >= 0.6 is 0 Å². The second kappa shape index (κ2) is 11.8. The SMILES string of the molecule is CCC(N)(CC)c1ccc(C(C)C)cc1-c1ncc(-c2ccc(N(c3ccccc3)c3ccccc3)cc2)cn1. The molecule has 0 unspecified atom stereocenters. The lowest BCUT2D eigenvalue weighted by molar-refractivity contribution is 0.413. The third kappa shape index (κ3) is 5.54. The number of nitrogens with zero attached hydrogens (tertiary/aromatic N) is 3. The van der Waals surface area contributed by atoms with Gasteiger partial charge in [-0.1, -0.05) is 88.4 Å². The summed E-state index contributed by atoms with van der Waals surface area (Å²) in [7, 11) is 0. The summed E-state index contributed by atoms with van der Waals surface area (Å²) in [5.74, 6) is 1.13. The summed E-state index contributed by atoms with van der Waals surface area (Å²) in [6.45, 7) is 8.71. The monoisotopic (exact) mass is 526 g/mol. The van der Waals surface area contributed by atoms with Gasteiger partial charge in [-0.2, -0.15) is 0 Å². The van der Waals surface area contributed by atoms with Crippen LogP contribution in [0.4, 0.5) is 17.1 Å². The molecule has 202 valence electrons. The Hall–Kier alpha value is -4.28. The van der Waals surface area contributed by atoms with Crippen LogP contribution in [0.1, 0.15) is 57.6 Å². The second-order valence-corrected chi connectivity index (χ2v) is 10.7. The molecule has 0 atom stereocenters. The minimum atomic E-state index is -0.411. The van der Waals surface area contributed by atoms with Gasteiger partial charge in [-0.25, -0.2) is 9.97 Å². The first-order chi connectivity index (χ1) is 19.4. The van der Waals surface area contributed by atoms with Gasteiger partial charge in [0.25, 0.3) is 0 Å². The molecule has 0 amide bonds. The van der Waals surface area contributed by atoms with Crippen molar-refractivity contribution in [3.05, 3.63) is 127 Å². The lowest BCUT2D eigenvalue weighted by atomic mass is 9.81. The van der Waals surface area contributed by atoms with Gasteiger partial charge in [0.2, 0.25) is 0 Å². The fourth-order valence-electron chi connectivity index (χ4n) is 5.19. The Balaban J connectivity index is 1.48. The minimum Gasteiger partial charge on any atom is -0.321 e. The lowest BCUT2D eigenvalue weighted by Crippen LogP contribution is -2.35. The molecular weight excluding hydrogens is 488 g/mol. The molecule has 40 heavy (non-hydrogen) atoms. The standard InChI is InChI=1S/C36H38N4/c1-5-36(37,6-2)34-22-19-28(26(3)4)23-33(34)35-38-24-29(25-39-35)27-17-20-32(21-18-27)40(30-13-9-7-10-14-30)31-15-11-8-12-16-31/h7-26H,5-6,37H2,1-4H3. The van der Waals surface area contributed by atoms with E-state index in [1.807, 2.05) is 24.5 Å². The summed E-state index contributed by atoms with van der Waals surface area (Å²) in [6, 6.07) is 36.0. The van der Waals surface area contributed by atoms with Crippen LogP contribution < -0.4 is 10.6 Å². The zero-order valence-corrected chi connectivity index (χ0v) is 23.9. The van der Waals surface area contributed by atoms with Crippen LogP contribution in [0, 0.1) is 0 Å². The van der Waals surface area contributed by atoms with Gasteiger partial charge < -0.3 is 10.6 Å². The Morgan fingerprint density at radius 1 is 0.675 bits per heavy atom. The highest BCUT2D eigenvalue weighted by Crippen LogP contribution is 2.37. The number of rotatable bonds is 9. The Morgan fingerprint density at radius 2 is 1.20 bits per heavy atom. The van der Waals surface area contributed by atoms with Crippen LogP contribution in [0.25, 0.3) is 22.5 Å². The van der Waals surface area contributed by atoms with Crippen LogP contribution in [0.15, 0.2) is 116 Å². The zero-order valence-electron chi connectivity index (χ0n) is 23.9. The molecule has 2 N–H and O–H groups in total. The van der Waals surface area contributed by atoms with Crippen molar-refractivity contribution in [1.82, 2.24) is 9.97 Å². The number of anilines is 3. The molecule has 4 aromatic carbocycles. The van der Waals surface area contributed by atoms with E-state index in [9.17, 15) is 0 Å². The summed E-state index contributed by atoms with van der Waals surface area (Å²) in [4.78, 5) is 11.9. The van der Waals surface area contributed by atoms with Crippen LogP contribution in [0.3, 0.4) is 0 Å². The fraction of sp³-hybridized carbons (Fsp3) is 0.222. The highest BCUT2D eigenvalue weighted by Gasteiger charge is 2.27. The summed E-state index contributed by atoms with van der Waals surface area (Å²) in [5, 5.41) is 0. The molecule has 4 heteroatoms. The van der Waals surface area contributed by atoms with E-state index in [4.69, 9.17) is 15.7 Å². The highest BCUT2D eigenvalue weighted by atomic mass is 15.1. The van der Waals surface area contributed by atoms with Gasteiger partial charge in [0.15, 0.2) is 5.82 Å². The van der Waals surface area contributed by atoms with Crippen molar-refractivity contribution in [3.63, 3.8) is 0 Å². The fourth-order valence-corrected chi connectivity index (χ4v) is 5.19. The van der Waals surface area contributed by atoms with E-state index in [0.717, 1.165) is 52.2 Å². The summed E-state index contributed by atoms with van der Waals surface area (Å²) < 4.78 is 0. The molecule has 5 rings (SSSR count). The van der Waals surface area contributed by atoms with Gasteiger partial charge in [-0.3, -0.25) is 0 Å². The maximum absolute atomic E-state index is 6.87. The molecule has 0 fully saturated rings. The summed E-state index contributed by atoms with van der Waals surface area (Å²) >= 11 is 0. The van der Waals surface area contributed by atoms with Gasteiger partial charge in [0, 0.05) is 46.1 Å². The van der Waals surface area contributed by atoms with E-state index in [-0.39, 0.29) is 0 Å². The van der Waals surface area contributed by atoms with E-state index >= 15 is 0 Å². The molecule has 0 saturated heterocycles. The van der Waals surface area contributed by atoms with Crippen molar-refractivity contribution in [3.8, 4) is 22.5 Å². The van der Waals surface area contributed by atoms with Crippen molar-refractivity contribution in [1.29, 1.82) is 0 Å². The molecule has 0 aliphatic carbocycles. The average molecular weight is 527 g/mol. The van der Waals surface area contributed by atoms with E-state index in [0.29, 0.717) is 11.7 Å². The number of nitrogens with two attached hydrogens (primary N) is 1. The van der Waals surface area contributed by atoms with Crippen molar-refractivity contribution >= 4 is 17.1 Å². The predicted molar refractivity (Wildman–Crippen MR) is 168 cm³/mol. The predicted octanol–water partition coefficient (Wildman–Crippen LogP) is 9.38. The van der Waals surface area contributed by atoms with Crippen molar-refractivity contribution < 1.29 is 0 Å². The first-order valence-electron chi connectivity index (χ1n) is 14.2. The molecule has 1 heterocycles. The first-order valence-corrected chi connectivity index (χ1v) is 14.2. The van der Waals surface area contributed by atoms with Gasteiger partial charge in [-0.15, -0.1) is 0 Å². The molecule has 4 nitrogen and oxygen atoms in total. The molecule has 0 bridgehead atoms. The highest BCUT2D eigenvalue weighted by molar-refractivity contribution is 5.78. The van der Waals surface area contributed by atoms with E-state index in [1.54, 1.807) is 0 Å². The number of para-hydroxylation sites is 2. The first kappa shape index (κ1) is 27.3. The van der Waals surface area contributed by atoms with E-state index < -0.39 is 5.54 Å². The Bertz CT molecular complexity index is 1480. The van der Waals surface area contributed by atoms with Crippen LogP contribution in [0.5, 0.6) is 0 Å². The van der Waals surface area contributed by atoms with Crippen LogP contribution in [-0.2, 0) is 5.54 Å². The largest absolute Gasteiger partial charge is 0.321 e. The molecule has 0 saturated carbocycles. The molecule has 0 radical (unpaired) electrons. The average Bonchev–Trinajstić information content (AvgIpc) is 3.02. The summed E-state index contributed by atoms with van der Waals surface area (Å²) in [6.07, 6.45) is 5.55. The zero-order chi connectivity index (χ0) is 28.1. The van der Waals surface area contributed by atoms with Crippen molar-refractivity contribution in [2.75, 3.05) is 4.90 Å². The van der Waals surface area contributed by atoms with Gasteiger partial charge >= 0.3 is 0 Å². The van der Waals surface area contributed by atoms with Crippen molar-refractivity contribution in [2.45, 2.75) is 52.0 Å². The number of hydrogen-bond donors (Lipinski definition) is 1. The van der Waals surface area contributed by atoms with Gasteiger partial charge in [0.1, 0.15) is 0 Å². The maximum atomic E-state index is 6.87. The lowest BCUT2D eigenvalue weighted by Gasteiger charge is -2.30. The summed E-state index contributed by atoms with van der Waals surface area (Å²) in [5.41, 5.74) is 15.2. The molecule has 5 aromatic rings. The normalized spacial score (nSPS) is 11.6. The number of hydrogen-bond acceptors (Lipinski definition) is 4.